The first-order valence-electron chi connectivity index (χ1n) is 3.49. The lowest BCUT2D eigenvalue weighted by Gasteiger charge is -1.99. The van der Waals surface area contributed by atoms with Crippen LogP contribution in [-0.4, -0.2) is 4.98 Å². The minimum absolute atomic E-state index is 0.940. The Bertz CT molecular complexity index is 287. The van der Waals surface area contributed by atoms with Crippen LogP contribution in [0.1, 0.15) is 16.8 Å². The summed E-state index contributed by atoms with van der Waals surface area (Å²) in [6.45, 7) is 9.33. The van der Waals surface area contributed by atoms with Gasteiger partial charge in [0.2, 0.25) is 0 Å². The van der Waals surface area contributed by atoms with Crippen molar-refractivity contribution in [2.45, 2.75) is 6.92 Å². The first kappa shape index (κ1) is 7.73. The van der Waals surface area contributed by atoms with E-state index in [4.69, 9.17) is 0 Å². The number of pyridine rings is 1. The third kappa shape index (κ3) is 1.55. The van der Waals surface area contributed by atoms with Crippen LogP contribution in [0.2, 0.25) is 0 Å². The summed E-state index contributed by atoms with van der Waals surface area (Å²) in [5.41, 5.74) is 3.13. The first-order chi connectivity index (χ1) is 5.27. The quantitative estimate of drug-likeness (QED) is 0.623. The van der Waals surface area contributed by atoms with E-state index in [1.54, 1.807) is 18.3 Å². The van der Waals surface area contributed by atoms with Gasteiger partial charge in [-0.25, -0.2) is 0 Å². The van der Waals surface area contributed by atoms with Crippen molar-refractivity contribution >= 4 is 12.2 Å². The van der Waals surface area contributed by atoms with Crippen LogP contribution in [0.25, 0.3) is 12.2 Å². The number of nitrogens with zero attached hydrogens (tertiary/aromatic N) is 1. The molecule has 0 atom stereocenters. The maximum atomic E-state index is 4.18. The van der Waals surface area contributed by atoms with E-state index in [1.165, 1.54) is 0 Å². The van der Waals surface area contributed by atoms with Crippen molar-refractivity contribution in [3.63, 3.8) is 0 Å². The van der Waals surface area contributed by atoms with Gasteiger partial charge in [-0.1, -0.05) is 19.2 Å². The topological polar surface area (TPSA) is 12.9 Å². The molecule has 0 unspecified atom stereocenters. The van der Waals surface area contributed by atoms with Crippen molar-refractivity contribution in [2.24, 2.45) is 0 Å². The van der Waals surface area contributed by atoms with Gasteiger partial charge in [0.05, 0.1) is 5.69 Å². The lowest BCUT2D eigenvalue weighted by molar-refractivity contribution is 1.23. The molecule has 1 nitrogen and oxygen atoms in total. The van der Waals surface area contributed by atoms with Gasteiger partial charge in [-0.15, -0.1) is 0 Å². The van der Waals surface area contributed by atoms with Crippen LogP contribution >= 0.6 is 0 Å². The minimum atomic E-state index is 0.940. The van der Waals surface area contributed by atoms with E-state index >= 15 is 0 Å². The van der Waals surface area contributed by atoms with Crippen molar-refractivity contribution < 1.29 is 0 Å². The molecule has 0 aliphatic carbocycles. The third-order valence-corrected chi connectivity index (χ3v) is 1.57. The van der Waals surface area contributed by atoms with Crippen molar-refractivity contribution in [1.29, 1.82) is 0 Å². The highest BCUT2D eigenvalue weighted by atomic mass is 14.7. The summed E-state index contributed by atoms with van der Waals surface area (Å²) in [5, 5.41) is 0. The van der Waals surface area contributed by atoms with Crippen LogP contribution in [0.3, 0.4) is 0 Å². The number of aromatic nitrogens is 1. The molecule has 0 aliphatic rings. The molecule has 0 fully saturated rings. The SMILES string of the molecule is C=Cc1cnc(C=C)c(C)c1. The van der Waals surface area contributed by atoms with Crippen LogP contribution in [0.4, 0.5) is 0 Å². The normalized spacial score (nSPS) is 9.18. The zero-order valence-corrected chi connectivity index (χ0v) is 6.67. The Kier molecular flexibility index (Phi) is 2.21. The van der Waals surface area contributed by atoms with Gasteiger partial charge in [0.1, 0.15) is 0 Å². The highest BCUT2D eigenvalue weighted by Crippen LogP contribution is 2.08. The molecule has 0 radical (unpaired) electrons. The van der Waals surface area contributed by atoms with Crippen LogP contribution in [0, 0.1) is 6.92 Å². The molecule has 56 valence electrons. The summed E-state index contributed by atoms with van der Waals surface area (Å²) in [4.78, 5) is 4.18. The van der Waals surface area contributed by atoms with E-state index in [1.807, 2.05) is 13.0 Å². The average Bonchev–Trinajstić information content (AvgIpc) is 2.04. The molecule has 0 aliphatic heterocycles. The van der Waals surface area contributed by atoms with E-state index < -0.39 is 0 Å². The Morgan fingerprint density at radius 3 is 2.55 bits per heavy atom. The van der Waals surface area contributed by atoms with Gasteiger partial charge in [-0.2, -0.15) is 0 Å². The van der Waals surface area contributed by atoms with E-state index in [0.717, 1.165) is 16.8 Å². The standard InChI is InChI=1S/C10H11N/c1-4-9-6-8(3)10(5-2)11-7-9/h4-7H,1-2H2,3H3. The smallest absolute Gasteiger partial charge is 0.0653 e. The summed E-state index contributed by atoms with van der Waals surface area (Å²) in [6.07, 6.45) is 5.33. The third-order valence-electron chi connectivity index (χ3n) is 1.57. The Morgan fingerprint density at radius 2 is 2.09 bits per heavy atom. The largest absolute Gasteiger partial charge is 0.256 e. The maximum Gasteiger partial charge on any atom is 0.0653 e. The fourth-order valence-corrected chi connectivity index (χ4v) is 0.932. The van der Waals surface area contributed by atoms with Crippen LogP contribution < -0.4 is 0 Å². The summed E-state index contributed by atoms with van der Waals surface area (Å²) >= 11 is 0. The summed E-state index contributed by atoms with van der Waals surface area (Å²) in [6, 6.07) is 2.04. The summed E-state index contributed by atoms with van der Waals surface area (Å²) in [7, 11) is 0. The molecule has 0 saturated carbocycles. The fourth-order valence-electron chi connectivity index (χ4n) is 0.932. The molecule has 11 heavy (non-hydrogen) atoms. The van der Waals surface area contributed by atoms with Gasteiger partial charge < -0.3 is 0 Å². The van der Waals surface area contributed by atoms with E-state index in [9.17, 15) is 0 Å². The second-order valence-electron chi connectivity index (χ2n) is 2.38. The molecule has 1 heteroatoms. The lowest BCUT2D eigenvalue weighted by Crippen LogP contribution is -1.86. The highest BCUT2D eigenvalue weighted by molar-refractivity contribution is 5.53. The van der Waals surface area contributed by atoms with Gasteiger partial charge in [0.15, 0.2) is 0 Å². The van der Waals surface area contributed by atoms with Crippen LogP contribution in [-0.2, 0) is 0 Å². The van der Waals surface area contributed by atoms with Gasteiger partial charge in [-0.3, -0.25) is 4.98 Å². The van der Waals surface area contributed by atoms with E-state index in [-0.39, 0.29) is 0 Å². The van der Waals surface area contributed by atoms with Gasteiger partial charge in [0.25, 0.3) is 0 Å². The van der Waals surface area contributed by atoms with Crippen molar-refractivity contribution in [3.05, 3.63) is 42.2 Å². The number of hydrogen-bond donors (Lipinski definition) is 0. The van der Waals surface area contributed by atoms with Crippen molar-refractivity contribution in [1.82, 2.24) is 4.98 Å². The van der Waals surface area contributed by atoms with Gasteiger partial charge in [-0.05, 0) is 30.2 Å². The molecular formula is C10H11N. The zero-order valence-electron chi connectivity index (χ0n) is 6.67. The Balaban J connectivity index is 3.18. The number of hydrogen-bond acceptors (Lipinski definition) is 1. The highest BCUT2D eigenvalue weighted by Gasteiger charge is 1.94. The maximum absolute atomic E-state index is 4.18. The molecule has 0 amide bonds. The van der Waals surface area contributed by atoms with Gasteiger partial charge >= 0.3 is 0 Å². The molecule has 0 saturated heterocycles. The van der Waals surface area contributed by atoms with Crippen LogP contribution in [0.15, 0.2) is 25.4 Å². The van der Waals surface area contributed by atoms with Gasteiger partial charge in [0, 0.05) is 6.20 Å². The second-order valence-corrected chi connectivity index (χ2v) is 2.38. The molecule has 1 heterocycles. The predicted molar refractivity (Wildman–Crippen MR) is 49.2 cm³/mol. The molecule has 0 N–H and O–H groups in total. The molecule has 1 rings (SSSR count). The van der Waals surface area contributed by atoms with Crippen molar-refractivity contribution in [3.8, 4) is 0 Å². The average molecular weight is 145 g/mol. The Morgan fingerprint density at radius 1 is 1.36 bits per heavy atom. The second kappa shape index (κ2) is 3.15. The first-order valence-corrected chi connectivity index (χ1v) is 3.49. The van der Waals surface area contributed by atoms with E-state index in [0.29, 0.717) is 0 Å². The molecule has 0 spiro atoms. The summed E-state index contributed by atoms with van der Waals surface area (Å²) < 4.78 is 0. The minimum Gasteiger partial charge on any atom is -0.256 e. The monoisotopic (exact) mass is 145 g/mol. The number of rotatable bonds is 2. The van der Waals surface area contributed by atoms with E-state index in [2.05, 4.69) is 18.1 Å². The molecule has 1 aromatic heterocycles. The molecule has 0 aromatic carbocycles. The number of aryl methyl sites for hydroxylation is 1. The Hall–Kier alpha value is -1.37. The molecule has 1 aromatic rings. The fraction of sp³-hybridized carbons (Fsp3) is 0.100. The van der Waals surface area contributed by atoms with Crippen LogP contribution in [0.5, 0.6) is 0 Å². The predicted octanol–water partition coefficient (Wildman–Crippen LogP) is 2.68. The molecule has 0 bridgehead atoms. The van der Waals surface area contributed by atoms with Crippen molar-refractivity contribution in [2.75, 3.05) is 0 Å². The molecular weight excluding hydrogens is 134 g/mol. The zero-order chi connectivity index (χ0) is 8.27. The Labute approximate surface area is 67.1 Å². The lowest BCUT2D eigenvalue weighted by atomic mass is 10.1. The summed E-state index contributed by atoms with van der Waals surface area (Å²) in [5.74, 6) is 0.